The van der Waals surface area contributed by atoms with Gasteiger partial charge in [0.2, 0.25) is 0 Å². The summed E-state index contributed by atoms with van der Waals surface area (Å²) in [7, 11) is -3.23. The number of hydrogen-bond donors (Lipinski definition) is 1. The minimum Gasteiger partial charge on any atom is -0.480 e. The van der Waals surface area contributed by atoms with Gasteiger partial charge in [-0.2, -0.15) is 0 Å². The number of sulfone groups is 1. The van der Waals surface area contributed by atoms with Gasteiger partial charge in [-0.1, -0.05) is 37.3 Å². The molecule has 0 spiro atoms. The number of amides is 1. The van der Waals surface area contributed by atoms with Crippen molar-refractivity contribution in [2.24, 2.45) is 0 Å². The summed E-state index contributed by atoms with van der Waals surface area (Å²) in [4.78, 5) is 12.8. The van der Waals surface area contributed by atoms with Crippen molar-refractivity contribution in [1.82, 2.24) is 5.32 Å². The van der Waals surface area contributed by atoms with E-state index in [1.54, 1.807) is 24.3 Å². The summed E-state index contributed by atoms with van der Waals surface area (Å²) in [6.45, 7) is 5.69. The molecule has 0 heterocycles. The van der Waals surface area contributed by atoms with Gasteiger partial charge in [-0.05, 0) is 49.6 Å². The summed E-state index contributed by atoms with van der Waals surface area (Å²) in [5, 5.41) is 2.93. The second kappa shape index (κ2) is 8.36. The highest BCUT2D eigenvalue weighted by Gasteiger charge is 2.21. The van der Waals surface area contributed by atoms with Crippen LogP contribution in [0.1, 0.15) is 37.4 Å². The van der Waals surface area contributed by atoms with Crippen LogP contribution in [0.3, 0.4) is 0 Å². The van der Waals surface area contributed by atoms with Crippen LogP contribution in [0, 0.1) is 6.92 Å². The molecule has 0 saturated heterocycles. The molecule has 0 aliphatic heterocycles. The molecule has 0 aromatic heterocycles. The first kappa shape index (κ1) is 20.0. The third-order valence-corrected chi connectivity index (χ3v) is 5.32. The number of ether oxygens (including phenoxy) is 1. The SMILES string of the molecule is CC[C@@H](Oc1ccccc1C)C(=O)N[C@H](C)c1ccc(S(C)(=O)=O)cc1. The highest BCUT2D eigenvalue weighted by Crippen LogP contribution is 2.20. The molecule has 6 heteroatoms. The summed E-state index contributed by atoms with van der Waals surface area (Å²) < 4.78 is 28.9. The Balaban J connectivity index is 2.06. The van der Waals surface area contributed by atoms with E-state index in [0.29, 0.717) is 12.2 Å². The van der Waals surface area contributed by atoms with Crippen LogP contribution in [0.5, 0.6) is 5.75 Å². The molecular weight excluding hydrogens is 350 g/mol. The summed E-state index contributed by atoms with van der Waals surface area (Å²) in [6, 6.07) is 13.8. The molecule has 1 amide bonds. The van der Waals surface area contributed by atoms with E-state index in [9.17, 15) is 13.2 Å². The van der Waals surface area contributed by atoms with Crippen molar-refractivity contribution in [2.45, 2.75) is 44.2 Å². The maximum absolute atomic E-state index is 12.6. The van der Waals surface area contributed by atoms with Crippen molar-refractivity contribution in [1.29, 1.82) is 0 Å². The number of aryl methyl sites for hydroxylation is 1. The standard InChI is InChI=1S/C20H25NO4S/c1-5-18(25-19-9-7-6-8-14(19)2)20(22)21-15(3)16-10-12-17(13-11-16)26(4,23)24/h6-13,15,18H,5H2,1-4H3,(H,21,22)/t15-,18-/m1/s1. The predicted molar refractivity (Wildman–Crippen MR) is 102 cm³/mol. The van der Waals surface area contributed by atoms with E-state index in [0.717, 1.165) is 11.1 Å². The van der Waals surface area contributed by atoms with Gasteiger partial charge in [0.1, 0.15) is 5.75 Å². The average Bonchev–Trinajstić information content (AvgIpc) is 2.60. The van der Waals surface area contributed by atoms with Crippen LogP contribution in [0.4, 0.5) is 0 Å². The van der Waals surface area contributed by atoms with Crippen LogP contribution in [0.15, 0.2) is 53.4 Å². The van der Waals surface area contributed by atoms with E-state index in [1.165, 1.54) is 6.26 Å². The van der Waals surface area contributed by atoms with Crippen molar-refractivity contribution >= 4 is 15.7 Å². The third kappa shape index (κ3) is 5.08. The molecule has 2 atom stereocenters. The van der Waals surface area contributed by atoms with Crippen molar-refractivity contribution < 1.29 is 17.9 Å². The molecule has 140 valence electrons. The van der Waals surface area contributed by atoms with Crippen LogP contribution in [-0.2, 0) is 14.6 Å². The largest absolute Gasteiger partial charge is 0.480 e. The van der Waals surface area contributed by atoms with Gasteiger partial charge >= 0.3 is 0 Å². The van der Waals surface area contributed by atoms with E-state index in [2.05, 4.69) is 5.32 Å². The minimum atomic E-state index is -3.23. The van der Waals surface area contributed by atoms with Gasteiger partial charge in [0.15, 0.2) is 15.9 Å². The molecule has 0 bridgehead atoms. The lowest BCUT2D eigenvalue weighted by Gasteiger charge is -2.21. The molecule has 0 saturated carbocycles. The lowest BCUT2D eigenvalue weighted by molar-refractivity contribution is -0.128. The van der Waals surface area contributed by atoms with Gasteiger partial charge in [-0.15, -0.1) is 0 Å². The maximum Gasteiger partial charge on any atom is 0.261 e. The van der Waals surface area contributed by atoms with Crippen molar-refractivity contribution in [2.75, 3.05) is 6.26 Å². The van der Waals surface area contributed by atoms with Crippen LogP contribution in [-0.4, -0.2) is 26.7 Å². The summed E-state index contributed by atoms with van der Waals surface area (Å²) in [5.74, 6) is 0.495. The zero-order valence-electron chi connectivity index (χ0n) is 15.5. The first-order valence-electron chi connectivity index (χ1n) is 8.55. The van der Waals surface area contributed by atoms with Crippen LogP contribution in [0.2, 0.25) is 0 Å². The molecule has 0 fully saturated rings. The molecule has 5 nitrogen and oxygen atoms in total. The van der Waals surface area contributed by atoms with Crippen molar-refractivity contribution in [3.8, 4) is 5.75 Å². The van der Waals surface area contributed by atoms with E-state index in [4.69, 9.17) is 4.74 Å². The highest BCUT2D eigenvalue weighted by atomic mass is 32.2. The summed E-state index contributed by atoms with van der Waals surface area (Å²) in [6.07, 6.45) is 1.12. The summed E-state index contributed by atoms with van der Waals surface area (Å²) >= 11 is 0. The Bertz CT molecular complexity index is 860. The molecule has 2 aromatic carbocycles. The Morgan fingerprint density at radius 3 is 2.27 bits per heavy atom. The van der Waals surface area contributed by atoms with E-state index in [-0.39, 0.29) is 16.8 Å². The first-order chi connectivity index (χ1) is 12.2. The van der Waals surface area contributed by atoms with Gasteiger partial charge < -0.3 is 10.1 Å². The van der Waals surface area contributed by atoms with Gasteiger partial charge in [-0.3, -0.25) is 4.79 Å². The number of para-hydroxylation sites is 1. The Hall–Kier alpha value is -2.34. The zero-order valence-corrected chi connectivity index (χ0v) is 16.3. The highest BCUT2D eigenvalue weighted by molar-refractivity contribution is 7.90. The molecular formula is C20H25NO4S. The second-order valence-corrected chi connectivity index (χ2v) is 8.37. The van der Waals surface area contributed by atoms with Gasteiger partial charge in [0.05, 0.1) is 10.9 Å². The number of carbonyl (C=O) groups excluding carboxylic acids is 1. The topological polar surface area (TPSA) is 72.5 Å². The fourth-order valence-corrected chi connectivity index (χ4v) is 3.19. The van der Waals surface area contributed by atoms with Crippen molar-refractivity contribution in [3.63, 3.8) is 0 Å². The summed E-state index contributed by atoms with van der Waals surface area (Å²) in [5.41, 5.74) is 1.81. The fraction of sp³-hybridized carbons (Fsp3) is 0.350. The molecule has 1 N–H and O–H groups in total. The molecule has 0 unspecified atom stereocenters. The number of benzene rings is 2. The lowest BCUT2D eigenvalue weighted by atomic mass is 10.1. The van der Waals surface area contributed by atoms with Gasteiger partial charge in [0, 0.05) is 6.26 Å². The zero-order chi connectivity index (χ0) is 19.3. The van der Waals surface area contributed by atoms with Crippen LogP contribution in [0.25, 0.3) is 0 Å². The Morgan fingerprint density at radius 1 is 1.12 bits per heavy atom. The molecule has 2 aromatic rings. The van der Waals surface area contributed by atoms with Crippen LogP contribution < -0.4 is 10.1 Å². The van der Waals surface area contributed by atoms with Crippen molar-refractivity contribution in [3.05, 3.63) is 59.7 Å². The van der Waals surface area contributed by atoms with Gasteiger partial charge in [0.25, 0.3) is 5.91 Å². The lowest BCUT2D eigenvalue weighted by Crippen LogP contribution is -2.39. The van der Waals surface area contributed by atoms with E-state index >= 15 is 0 Å². The monoisotopic (exact) mass is 375 g/mol. The smallest absolute Gasteiger partial charge is 0.261 e. The third-order valence-electron chi connectivity index (χ3n) is 4.19. The molecule has 0 aliphatic rings. The molecule has 0 radical (unpaired) electrons. The molecule has 2 rings (SSSR count). The van der Waals surface area contributed by atoms with E-state index in [1.807, 2.05) is 45.0 Å². The fourth-order valence-electron chi connectivity index (χ4n) is 2.56. The second-order valence-electron chi connectivity index (χ2n) is 6.35. The number of rotatable bonds is 7. The number of hydrogen-bond acceptors (Lipinski definition) is 4. The Morgan fingerprint density at radius 2 is 1.73 bits per heavy atom. The van der Waals surface area contributed by atoms with Gasteiger partial charge in [-0.25, -0.2) is 8.42 Å². The first-order valence-corrected chi connectivity index (χ1v) is 10.4. The minimum absolute atomic E-state index is 0.199. The average molecular weight is 375 g/mol. The maximum atomic E-state index is 12.6. The quantitative estimate of drug-likeness (QED) is 0.805. The molecule has 0 aliphatic carbocycles. The Kier molecular flexibility index (Phi) is 6.42. The normalized spacial score (nSPS) is 13.7. The number of nitrogens with one attached hydrogen (secondary N) is 1. The van der Waals surface area contributed by atoms with Crippen LogP contribution >= 0.6 is 0 Å². The Labute approximate surface area is 155 Å². The van der Waals surface area contributed by atoms with E-state index < -0.39 is 15.9 Å². The molecule has 26 heavy (non-hydrogen) atoms. The number of carbonyl (C=O) groups is 1. The predicted octanol–water partition coefficient (Wildman–Crippen LogP) is 3.43.